The Labute approximate surface area is 107 Å². The largest absolute Gasteiger partial charge is 0.391 e. The zero-order chi connectivity index (χ0) is 13.3. The Morgan fingerprint density at radius 1 is 1.33 bits per heavy atom. The molecule has 1 saturated heterocycles. The smallest absolute Gasteiger partial charge is 0.152 e. The van der Waals surface area contributed by atoms with Crippen LogP contribution >= 0.6 is 0 Å². The molecule has 0 spiro atoms. The van der Waals surface area contributed by atoms with E-state index in [4.69, 9.17) is 0 Å². The summed E-state index contributed by atoms with van der Waals surface area (Å²) in [5, 5.41) is 13.7. The van der Waals surface area contributed by atoms with E-state index in [9.17, 15) is 13.5 Å². The number of hydrogen-bond donors (Lipinski definition) is 1. The van der Waals surface area contributed by atoms with Gasteiger partial charge in [0.1, 0.15) is 5.82 Å². The lowest BCUT2D eigenvalue weighted by Gasteiger charge is -2.23. The molecular weight excluding hydrogens is 254 g/mol. The van der Waals surface area contributed by atoms with Crippen LogP contribution in [0, 0.1) is 6.92 Å². The lowest BCUT2D eigenvalue weighted by atomic mass is 10.2. The molecular formula is C11H19N3O3S. The van der Waals surface area contributed by atoms with Crippen molar-refractivity contribution in [3.63, 3.8) is 0 Å². The first-order chi connectivity index (χ1) is 8.44. The van der Waals surface area contributed by atoms with Gasteiger partial charge in [-0.25, -0.2) is 8.42 Å². The number of nitrogens with zero attached hydrogens (tertiary/aromatic N) is 3. The van der Waals surface area contributed by atoms with Crippen LogP contribution < -0.4 is 4.90 Å². The molecule has 0 amide bonds. The minimum atomic E-state index is -2.92. The first kappa shape index (κ1) is 13.4. The van der Waals surface area contributed by atoms with Gasteiger partial charge < -0.3 is 10.0 Å². The van der Waals surface area contributed by atoms with Crippen LogP contribution in [0.15, 0.2) is 0 Å². The zero-order valence-corrected chi connectivity index (χ0v) is 11.6. The van der Waals surface area contributed by atoms with Crippen molar-refractivity contribution < 1.29 is 13.5 Å². The standard InChI is InChI=1S/C11H19N3O3S/c1-9-10(8-15)11(13(2)12-9)14-4-3-6-18(16,17)7-5-14/h15H,3-8H2,1-2H3. The van der Waals surface area contributed by atoms with E-state index in [2.05, 4.69) is 5.10 Å². The first-order valence-corrected chi connectivity index (χ1v) is 7.85. The van der Waals surface area contributed by atoms with E-state index in [0.717, 1.165) is 17.1 Å². The number of aliphatic hydroxyl groups excluding tert-OH is 1. The highest BCUT2D eigenvalue weighted by Gasteiger charge is 2.24. The van der Waals surface area contributed by atoms with Crippen molar-refractivity contribution in [2.24, 2.45) is 7.05 Å². The van der Waals surface area contributed by atoms with Crippen molar-refractivity contribution >= 4 is 15.7 Å². The van der Waals surface area contributed by atoms with E-state index in [0.29, 0.717) is 19.5 Å². The summed E-state index contributed by atoms with van der Waals surface area (Å²) < 4.78 is 24.9. The predicted molar refractivity (Wildman–Crippen MR) is 69.4 cm³/mol. The molecule has 0 atom stereocenters. The zero-order valence-electron chi connectivity index (χ0n) is 10.8. The normalized spacial score (nSPS) is 19.8. The molecule has 18 heavy (non-hydrogen) atoms. The number of aryl methyl sites for hydroxylation is 2. The van der Waals surface area contributed by atoms with Gasteiger partial charge in [0.05, 0.1) is 23.8 Å². The molecule has 1 aliphatic rings. The second-order valence-electron chi connectivity index (χ2n) is 4.66. The Morgan fingerprint density at radius 2 is 2.06 bits per heavy atom. The van der Waals surface area contributed by atoms with Crippen LogP contribution in [0.5, 0.6) is 0 Å². The van der Waals surface area contributed by atoms with Gasteiger partial charge in [-0.2, -0.15) is 5.10 Å². The molecule has 1 N–H and O–H groups in total. The molecule has 0 saturated carbocycles. The van der Waals surface area contributed by atoms with Crippen molar-refractivity contribution in [1.82, 2.24) is 9.78 Å². The fraction of sp³-hybridized carbons (Fsp3) is 0.727. The van der Waals surface area contributed by atoms with E-state index in [-0.39, 0.29) is 18.1 Å². The Hall–Kier alpha value is -1.08. The number of aromatic nitrogens is 2. The maximum absolute atomic E-state index is 11.6. The lowest BCUT2D eigenvalue weighted by molar-refractivity contribution is 0.281. The Balaban J connectivity index is 2.32. The minimum Gasteiger partial charge on any atom is -0.391 e. The highest BCUT2D eigenvalue weighted by molar-refractivity contribution is 7.91. The number of hydrogen-bond acceptors (Lipinski definition) is 5. The predicted octanol–water partition coefficient (Wildman–Crippen LogP) is -0.154. The summed E-state index contributed by atoms with van der Waals surface area (Å²) in [7, 11) is -1.10. The highest BCUT2D eigenvalue weighted by Crippen LogP contribution is 2.24. The van der Waals surface area contributed by atoms with Crippen LogP contribution in [0.2, 0.25) is 0 Å². The molecule has 0 radical (unpaired) electrons. The van der Waals surface area contributed by atoms with E-state index < -0.39 is 9.84 Å². The van der Waals surface area contributed by atoms with Crippen molar-refractivity contribution in [3.8, 4) is 0 Å². The monoisotopic (exact) mass is 273 g/mol. The van der Waals surface area contributed by atoms with Crippen LogP contribution in [0.1, 0.15) is 17.7 Å². The quantitative estimate of drug-likeness (QED) is 0.811. The van der Waals surface area contributed by atoms with Gasteiger partial charge in [-0.15, -0.1) is 0 Å². The molecule has 2 heterocycles. The average molecular weight is 273 g/mol. The second kappa shape index (κ2) is 4.89. The van der Waals surface area contributed by atoms with Crippen molar-refractivity contribution in [1.29, 1.82) is 0 Å². The van der Waals surface area contributed by atoms with Crippen molar-refractivity contribution in [2.45, 2.75) is 20.0 Å². The van der Waals surface area contributed by atoms with Gasteiger partial charge >= 0.3 is 0 Å². The summed E-state index contributed by atoms with van der Waals surface area (Å²) >= 11 is 0. The van der Waals surface area contributed by atoms with Gasteiger partial charge in [-0.3, -0.25) is 4.68 Å². The van der Waals surface area contributed by atoms with Gasteiger partial charge in [0, 0.05) is 25.7 Å². The summed E-state index contributed by atoms with van der Waals surface area (Å²) in [6.45, 7) is 2.93. The fourth-order valence-electron chi connectivity index (χ4n) is 2.42. The number of anilines is 1. The summed E-state index contributed by atoms with van der Waals surface area (Å²) in [5.41, 5.74) is 1.58. The highest BCUT2D eigenvalue weighted by atomic mass is 32.2. The van der Waals surface area contributed by atoms with Gasteiger partial charge in [-0.05, 0) is 13.3 Å². The summed E-state index contributed by atoms with van der Waals surface area (Å²) in [6, 6.07) is 0. The van der Waals surface area contributed by atoms with Crippen LogP contribution in [0.4, 0.5) is 5.82 Å². The summed E-state index contributed by atoms with van der Waals surface area (Å²) in [6.07, 6.45) is 0.622. The van der Waals surface area contributed by atoms with Crippen LogP contribution in [-0.2, 0) is 23.5 Å². The first-order valence-electron chi connectivity index (χ1n) is 6.03. The third-order valence-electron chi connectivity index (χ3n) is 3.33. The molecule has 7 heteroatoms. The topological polar surface area (TPSA) is 75.4 Å². The maximum atomic E-state index is 11.6. The minimum absolute atomic E-state index is 0.0712. The second-order valence-corrected chi connectivity index (χ2v) is 6.97. The van der Waals surface area contributed by atoms with E-state index in [1.807, 2.05) is 18.9 Å². The fourth-order valence-corrected chi connectivity index (χ4v) is 3.69. The third kappa shape index (κ3) is 2.51. The number of aliphatic hydroxyl groups is 1. The summed E-state index contributed by atoms with van der Waals surface area (Å²) in [4.78, 5) is 2.01. The van der Waals surface area contributed by atoms with Crippen LogP contribution in [0.3, 0.4) is 0 Å². The lowest BCUT2D eigenvalue weighted by Crippen LogP contribution is -2.29. The van der Waals surface area contributed by atoms with Crippen molar-refractivity contribution in [2.75, 3.05) is 29.5 Å². The molecule has 102 valence electrons. The number of sulfone groups is 1. The van der Waals surface area contributed by atoms with Gasteiger partial charge in [0.2, 0.25) is 0 Å². The van der Waals surface area contributed by atoms with Gasteiger partial charge in [-0.1, -0.05) is 0 Å². The van der Waals surface area contributed by atoms with Gasteiger partial charge in [0.15, 0.2) is 9.84 Å². The molecule has 1 aromatic rings. The third-order valence-corrected chi connectivity index (χ3v) is 5.04. The van der Waals surface area contributed by atoms with Crippen LogP contribution in [-0.4, -0.2) is 47.9 Å². The molecule has 0 bridgehead atoms. The van der Waals surface area contributed by atoms with Gasteiger partial charge in [0.25, 0.3) is 0 Å². The molecule has 0 unspecified atom stereocenters. The molecule has 1 aromatic heterocycles. The number of rotatable bonds is 2. The molecule has 0 aliphatic carbocycles. The molecule has 0 aromatic carbocycles. The summed E-state index contributed by atoms with van der Waals surface area (Å²) in [5.74, 6) is 1.25. The SMILES string of the molecule is Cc1nn(C)c(N2CCCS(=O)(=O)CC2)c1CO. The van der Waals surface area contributed by atoms with E-state index in [1.54, 1.807) is 4.68 Å². The van der Waals surface area contributed by atoms with E-state index >= 15 is 0 Å². The van der Waals surface area contributed by atoms with E-state index in [1.165, 1.54) is 0 Å². The Bertz CT molecular complexity index is 536. The maximum Gasteiger partial charge on any atom is 0.152 e. The molecule has 1 fully saturated rings. The Kier molecular flexibility index (Phi) is 3.63. The molecule has 1 aliphatic heterocycles. The van der Waals surface area contributed by atoms with Crippen LogP contribution in [0.25, 0.3) is 0 Å². The Morgan fingerprint density at radius 3 is 2.72 bits per heavy atom. The molecule has 6 nitrogen and oxygen atoms in total. The molecule has 2 rings (SSSR count). The van der Waals surface area contributed by atoms with Crippen molar-refractivity contribution in [3.05, 3.63) is 11.3 Å². The average Bonchev–Trinajstić information content (AvgIpc) is 2.45.